The van der Waals surface area contributed by atoms with E-state index in [9.17, 15) is 0 Å². The molecule has 84 valence electrons. The number of rotatable bonds is 5. The average molecular weight is 372 g/mol. The van der Waals surface area contributed by atoms with Crippen LogP contribution in [0.5, 0.6) is 0 Å². The van der Waals surface area contributed by atoms with E-state index in [1.165, 1.54) is 6.42 Å². The van der Waals surface area contributed by atoms with Gasteiger partial charge >= 0.3 is 21.1 Å². The van der Waals surface area contributed by atoms with Crippen LogP contribution in [-0.2, 0) is 35.3 Å². The summed E-state index contributed by atoms with van der Waals surface area (Å²) in [6.45, 7) is 6.58. The van der Waals surface area contributed by atoms with Crippen molar-refractivity contribution in [3.8, 4) is 0 Å². The predicted molar refractivity (Wildman–Crippen MR) is 51.8 cm³/mol. The molecule has 14 heavy (non-hydrogen) atoms. The minimum atomic E-state index is 0. The fourth-order valence-corrected chi connectivity index (χ4v) is 0.615. The molecule has 1 rings (SSSR count). The molecule has 1 saturated heterocycles. The molecular formula is C10H20O3W. The second-order valence-corrected chi connectivity index (χ2v) is 3.21. The Balaban J connectivity index is 0. The summed E-state index contributed by atoms with van der Waals surface area (Å²) in [6, 6.07) is 0. The van der Waals surface area contributed by atoms with Gasteiger partial charge in [-0.3, -0.25) is 0 Å². The van der Waals surface area contributed by atoms with E-state index in [1.54, 1.807) is 0 Å². The van der Waals surface area contributed by atoms with E-state index in [4.69, 9.17) is 4.74 Å². The quantitative estimate of drug-likeness (QED) is 0.547. The second kappa shape index (κ2) is 11.6. The van der Waals surface area contributed by atoms with Crippen molar-refractivity contribution in [2.75, 3.05) is 19.8 Å². The van der Waals surface area contributed by atoms with Crippen LogP contribution in [0.3, 0.4) is 0 Å². The topological polar surface area (TPSA) is 31.0 Å². The molecule has 0 N–H and O–H groups in total. The standard InChI is InChI=1S/C6H13O.C4H7O2.W/c1-4-6(2)5-7-3;1-5-2-4-3-6-4;/h6H,3-5H2,1-2H3;4H,1-3H2;/q2*-1;+2. The van der Waals surface area contributed by atoms with Crippen LogP contribution in [0.1, 0.15) is 20.3 Å². The first-order valence-corrected chi connectivity index (χ1v) is 4.60. The molecule has 0 aromatic rings. The van der Waals surface area contributed by atoms with Crippen molar-refractivity contribution in [1.29, 1.82) is 0 Å². The number of epoxide rings is 1. The normalized spacial score (nSPS) is 20.1. The summed E-state index contributed by atoms with van der Waals surface area (Å²) in [6.07, 6.45) is 1.54. The Morgan fingerprint density at radius 2 is 2.00 bits per heavy atom. The molecule has 1 heterocycles. The maximum atomic E-state index is 4.78. The maximum Gasteiger partial charge on any atom is 2.00 e. The van der Waals surface area contributed by atoms with Crippen LogP contribution >= 0.6 is 0 Å². The van der Waals surface area contributed by atoms with Crippen LogP contribution in [0.15, 0.2) is 0 Å². The van der Waals surface area contributed by atoms with Gasteiger partial charge < -0.3 is 14.2 Å². The van der Waals surface area contributed by atoms with Crippen LogP contribution in [-0.4, -0.2) is 25.9 Å². The zero-order chi connectivity index (χ0) is 10.1. The van der Waals surface area contributed by atoms with Crippen molar-refractivity contribution in [3.05, 3.63) is 14.2 Å². The Kier molecular flexibility index (Phi) is 14.1. The molecule has 1 aliphatic rings. The third-order valence-electron chi connectivity index (χ3n) is 1.81. The SMILES string of the molecule is [CH2-]OCC(C)CC.[CH2-]OCC1CO1.[W+2]. The molecule has 4 heteroatoms. The van der Waals surface area contributed by atoms with Gasteiger partial charge in [-0.1, -0.05) is 20.3 Å². The van der Waals surface area contributed by atoms with Gasteiger partial charge in [0.2, 0.25) is 0 Å². The van der Waals surface area contributed by atoms with Gasteiger partial charge in [0.25, 0.3) is 0 Å². The minimum absolute atomic E-state index is 0. The molecular weight excluding hydrogens is 352 g/mol. The Labute approximate surface area is 102 Å². The first kappa shape index (κ1) is 17.0. The molecule has 0 aromatic carbocycles. The van der Waals surface area contributed by atoms with Crippen LogP contribution in [0.2, 0.25) is 0 Å². The molecule has 0 radical (unpaired) electrons. The zero-order valence-electron chi connectivity index (χ0n) is 9.03. The number of ether oxygens (including phenoxy) is 3. The van der Waals surface area contributed by atoms with Crippen molar-refractivity contribution in [3.63, 3.8) is 0 Å². The number of hydrogen-bond acceptors (Lipinski definition) is 3. The smallest absolute Gasteiger partial charge is 0.555 e. The molecule has 3 nitrogen and oxygen atoms in total. The predicted octanol–water partition coefficient (Wildman–Crippen LogP) is 2.03. The third-order valence-corrected chi connectivity index (χ3v) is 1.81. The van der Waals surface area contributed by atoms with E-state index in [0.717, 1.165) is 13.2 Å². The average Bonchev–Trinajstić information content (AvgIpc) is 2.91. The van der Waals surface area contributed by atoms with E-state index in [-0.39, 0.29) is 21.1 Å². The summed E-state index contributed by atoms with van der Waals surface area (Å²) in [5, 5.41) is 0. The van der Waals surface area contributed by atoms with Crippen molar-refractivity contribution in [2.45, 2.75) is 26.4 Å². The molecule has 2 unspecified atom stereocenters. The summed E-state index contributed by atoms with van der Waals surface area (Å²) in [5.74, 6) is 0.664. The van der Waals surface area contributed by atoms with E-state index in [2.05, 4.69) is 37.5 Å². The van der Waals surface area contributed by atoms with E-state index < -0.39 is 0 Å². The molecule has 0 aliphatic carbocycles. The molecule has 2 atom stereocenters. The fraction of sp³-hybridized carbons (Fsp3) is 0.800. The molecule has 1 aliphatic heterocycles. The summed E-state index contributed by atoms with van der Waals surface area (Å²) in [5.41, 5.74) is 0. The van der Waals surface area contributed by atoms with E-state index in [0.29, 0.717) is 18.6 Å². The fourth-order valence-electron chi connectivity index (χ4n) is 0.615. The van der Waals surface area contributed by atoms with Crippen LogP contribution in [0, 0.1) is 20.1 Å². The van der Waals surface area contributed by atoms with Crippen LogP contribution in [0.25, 0.3) is 0 Å². The van der Waals surface area contributed by atoms with Gasteiger partial charge in [0.05, 0.1) is 6.61 Å². The van der Waals surface area contributed by atoms with E-state index in [1.807, 2.05) is 0 Å². The summed E-state index contributed by atoms with van der Waals surface area (Å²) < 4.78 is 13.9. The van der Waals surface area contributed by atoms with Gasteiger partial charge in [-0.25, -0.2) is 14.2 Å². The van der Waals surface area contributed by atoms with Crippen LogP contribution in [0.4, 0.5) is 0 Å². The molecule has 0 amide bonds. The van der Waals surface area contributed by atoms with Crippen molar-refractivity contribution in [2.24, 2.45) is 5.92 Å². The Morgan fingerprint density at radius 3 is 2.14 bits per heavy atom. The third kappa shape index (κ3) is 12.6. The van der Waals surface area contributed by atoms with Gasteiger partial charge in [0, 0.05) is 13.2 Å². The largest absolute Gasteiger partial charge is 2.00 e. The molecule has 0 spiro atoms. The van der Waals surface area contributed by atoms with Gasteiger partial charge in [-0.15, -0.1) is 0 Å². The summed E-state index contributed by atoms with van der Waals surface area (Å²) in [7, 11) is 6.46. The van der Waals surface area contributed by atoms with Crippen molar-refractivity contribution in [1.82, 2.24) is 0 Å². The van der Waals surface area contributed by atoms with Crippen molar-refractivity contribution < 1.29 is 35.3 Å². The van der Waals surface area contributed by atoms with Gasteiger partial charge in [0.1, 0.15) is 6.10 Å². The van der Waals surface area contributed by atoms with E-state index >= 15 is 0 Å². The summed E-state index contributed by atoms with van der Waals surface area (Å²) >= 11 is 0. The Hall–Kier alpha value is 0.568. The van der Waals surface area contributed by atoms with Crippen LogP contribution < -0.4 is 0 Å². The number of hydrogen-bond donors (Lipinski definition) is 0. The first-order valence-electron chi connectivity index (χ1n) is 4.60. The summed E-state index contributed by atoms with van der Waals surface area (Å²) in [4.78, 5) is 0. The molecule has 0 saturated carbocycles. The van der Waals surface area contributed by atoms with Gasteiger partial charge in [-0.2, -0.15) is 0 Å². The minimum Gasteiger partial charge on any atom is -0.555 e. The zero-order valence-corrected chi connectivity index (χ0v) is 12.0. The molecule has 0 aromatic heterocycles. The Morgan fingerprint density at radius 1 is 1.43 bits per heavy atom. The monoisotopic (exact) mass is 372 g/mol. The molecule has 0 bridgehead atoms. The van der Waals surface area contributed by atoms with Gasteiger partial charge in [-0.05, 0) is 5.92 Å². The van der Waals surface area contributed by atoms with Gasteiger partial charge in [0.15, 0.2) is 0 Å². The molecule has 1 fully saturated rings. The first-order chi connectivity index (χ1) is 6.24. The second-order valence-electron chi connectivity index (χ2n) is 3.21. The Bertz CT molecular complexity index is 108. The van der Waals surface area contributed by atoms with Crippen molar-refractivity contribution >= 4 is 0 Å². The maximum absolute atomic E-state index is 4.78.